The molecular weight excluding hydrogens is 280 g/mol. The second kappa shape index (κ2) is 5.63. The molecule has 22 heavy (non-hydrogen) atoms. The van der Waals surface area contributed by atoms with Crippen molar-refractivity contribution in [1.29, 1.82) is 0 Å². The first-order valence-corrected chi connectivity index (χ1v) is 7.44. The highest BCUT2D eigenvalue weighted by molar-refractivity contribution is 5.64. The average molecular weight is 298 g/mol. The quantitative estimate of drug-likeness (QED) is 0.774. The summed E-state index contributed by atoms with van der Waals surface area (Å²) < 4.78 is 1.61. The summed E-state index contributed by atoms with van der Waals surface area (Å²) in [4.78, 5) is 19.7. The molecule has 0 spiro atoms. The van der Waals surface area contributed by atoms with Crippen LogP contribution in [0.1, 0.15) is 31.8 Å². The molecule has 0 aliphatic carbocycles. The molecule has 2 aromatic heterocycles. The molecule has 0 saturated carbocycles. The number of rotatable bonds is 4. The number of H-pyrrole nitrogens is 1. The first kappa shape index (κ1) is 14.3. The molecule has 1 aromatic carbocycles. The van der Waals surface area contributed by atoms with Crippen LogP contribution in [0, 0.1) is 0 Å². The van der Waals surface area contributed by atoms with Gasteiger partial charge >= 0.3 is 0 Å². The van der Waals surface area contributed by atoms with Gasteiger partial charge in [0, 0.05) is 6.42 Å². The van der Waals surface area contributed by atoms with E-state index in [2.05, 4.69) is 22.0 Å². The van der Waals surface area contributed by atoms with Gasteiger partial charge in [-0.2, -0.15) is 0 Å². The number of hydrogen-bond donors (Lipinski definition) is 2. The Morgan fingerprint density at radius 1 is 1.27 bits per heavy atom. The molecule has 6 heteroatoms. The number of fused-ring (bicyclic) bond motifs is 1. The molecule has 0 fully saturated rings. The number of hydrogen-bond acceptors (Lipinski definition) is 4. The number of phenols is 1. The maximum atomic E-state index is 12.4. The monoisotopic (exact) mass is 298 g/mol. The van der Waals surface area contributed by atoms with E-state index in [-0.39, 0.29) is 11.3 Å². The highest BCUT2D eigenvalue weighted by atomic mass is 16.3. The van der Waals surface area contributed by atoms with Gasteiger partial charge in [0.25, 0.3) is 5.56 Å². The molecule has 3 rings (SSSR count). The Morgan fingerprint density at radius 2 is 2.05 bits per heavy atom. The van der Waals surface area contributed by atoms with Crippen molar-refractivity contribution in [2.24, 2.45) is 0 Å². The Labute approximate surface area is 127 Å². The van der Waals surface area contributed by atoms with Crippen molar-refractivity contribution in [2.75, 3.05) is 0 Å². The lowest BCUT2D eigenvalue weighted by Gasteiger charge is -2.05. The Hall–Kier alpha value is -2.63. The maximum absolute atomic E-state index is 12.4. The van der Waals surface area contributed by atoms with E-state index in [1.54, 1.807) is 28.8 Å². The second-order valence-electron chi connectivity index (χ2n) is 5.16. The van der Waals surface area contributed by atoms with E-state index in [0.717, 1.165) is 24.4 Å². The second-order valence-corrected chi connectivity index (χ2v) is 5.16. The van der Waals surface area contributed by atoms with Crippen molar-refractivity contribution in [1.82, 2.24) is 19.6 Å². The van der Waals surface area contributed by atoms with Gasteiger partial charge in [-0.05, 0) is 25.0 Å². The molecule has 0 amide bonds. The normalized spacial score (nSPS) is 11.2. The van der Waals surface area contributed by atoms with E-state index in [1.165, 1.54) is 0 Å². The smallest absolute Gasteiger partial charge is 0.277 e. The highest BCUT2D eigenvalue weighted by Crippen LogP contribution is 2.25. The van der Waals surface area contributed by atoms with Crippen molar-refractivity contribution in [3.63, 3.8) is 0 Å². The van der Waals surface area contributed by atoms with E-state index in [4.69, 9.17) is 0 Å². The molecular formula is C16H18N4O2. The largest absolute Gasteiger partial charge is 0.507 e. The third-order valence-electron chi connectivity index (χ3n) is 3.61. The summed E-state index contributed by atoms with van der Waals surface area (Å²) >= 11 is 0. The van der Waals surface area contributed by atoms with Crippen LogP contribution >= 0.6 is 0 Å². The third-order valence-corrected chi connectivity index (χ3v) is 3.61. The Bertz CT molecular complexity index is 879. The number of benzene rings is 1. The van der Waals surface area contributed by atoms with Crippen LogP contribution in [0.15, 0.2) is 29.1 Å². The van der Waals surface area contributed by atoms with Crippen molar-refractivity contribution in [3.8, 4) is 17.1 Å². The lowest BCUT2D eigenvalue weighted by atomic mass is 10.2. The predicted molar refractivity (Wildman–Crippen MR) is 84.1 cm³/mol. The fraction of sp³-hybridized carbons (Fsp3) is 0.312. The van der Waals surface area contributed by atoms with E-state index >= 15 is 0 Å². The van der Waals surface area contributed by atoms with E-state index in [0.29, 0.717) is 23.3 Å². The molecule has 0 radical (unpaired) electrons. The van der Waals surface area contributed by atoms with Crippen LogP contribution in [0.4, 0.5) is 0 Å². The minimum absolute atomic E-state index is 0.0814. The van der Waals surface area contributed by atoms with Crippen molar-refractivity contribution in [3.05, 3.63) is 46.1 Å². The summed E-state index contributed by atoms with van der Waals surface area (Å²) in [7, 11) is 0. The minimum atomic E-state index is -0.236. The lowest BCUT2D eigenvalue weighted by Crippen LogP contribution is -2.15. The topological polar surface area (TPSA) is 83.3 Å². The Morgan fingerprint density at radius 3 is 2.73 bits per heavy atom. The van der Waals surface area contributed by atoms with Gasteiger partial charge in [0.1, 0.15) is 11.6 Å². The van der Waals surface area contributed by atoms with E-state index in [9.17, 15) is 9.90 Å². The summed E-state index contributed by atoms with van der Waals surface area (Å²) in [6.45, 7) is 4.03. The van der Waals surface area contributed by atoms with Crippen LogP contribution in [-0.2, 0) is 12.8 Å². The minimum Gasteiger partial charge on any atom is -0.507 e. The number of aryl methyl sites for hydroxylation is 2. The fourth-order valence-electron chi connectivity index (χ4n) is 2.56. The Kier molecular flexibility index (Phi) is 3.66. The summed E-state index contributed by atoms with van der Waals surface area (Å²) in [6, 6.07) is 6.80. The molecule has 2 heterocycles. The number of para-hydroxylation sites is 1. The molecule has 3 aromatic rings. The average Bonchev–Trinajstić information content (AvgIpc) is 2.87. The van der Waals surface area contributed by atoms with Crippen LogP contribution in [-0.4, -0.2) is 24.7 Å². The number of aromatic nitrogens is 4. The lowest BCUT2D eigenvalue weighted by molar-refractivity contribution is 0.476. The molecule has 0 aliphatic rings. The van der Waals surface area contributed by atoms with E-state index < -0.39 is 0 Å². The Balaban J connectivity index is 2.30. The van der Waals surface area contributed by atoms with Gasteiger partial charge in [-0.25, -0.2) is 9.50 Å². The molecule has 0 unspecified atom stereocenters. The number of nitrogens with one attached hydrogen (secondary N) is 1. The number of aromatic hydroxyl groups is 1. The first-order valence-electron chi connectivity index (χ1n) is 7.44. The molecule has 0 atom stereocenters. The van der Waals surface area contributed by atoms with Gasteiger partial charge in [0.05, 0.1) is 11.3 Å². The summed E-state index contributed by atoms with van der Waals surface area (Å²) in [5.74, 6) is 1.20. The van der Waals surface area contributed by atoms with Crippen molar-refractivity contribution < 1.29 is 5.11 Å². The summed E-state index contributed by atoms with van der Waals surface area (Å²) in [6.07, 6.45) is 2.34. The maximum Gasteiger partial charge on any atom is 0.277 e. The summed E-state index contributed by atoms with van der Waals surface area (Å²) in [5, 5.41) is 14.5. The van der Waals surface area contributed by atoms with Gasteiger partial charge < -0.3 is 10.1 Å². The molecule has 6 nitrogen and oxygen atoms in total. The fourth-order valence-corrected chi connectivity index (χ4v) is 2.56. The van der Waals surface area contributed by atoms with Crippen LogP contribution in [0.3, 0.4) is 0 Å². The van der Waals surface area contributed by atoms with Gasteiger partial charge in [-0.3, -0.25) is 4.79 Å². The van der Waals surface area contributed by atoms with Gasteiger partial charge in [0.15, 0.2) is 11.3 Å². The predicted octanol–water partition coefficient (Wildman–Crippen LogP) is 2.31. The van der Waals surface area contributed by atoms with Crippen LogP contribution in [0.2, 0.25) is 0 Å². The van der Waals surface area contributed by atoms with Crippen LogP contribution in [0.25, 0.3) is 16.9 Å². The van der Waals surface area contributed by atoms with Crippen molar-refractivity contribution in [2.45, 2.75) is 33.1 Å². The number of phenolic OH excluding ortho intramolecular Hbond substituents is 1. The van der Waals surface area contributed by atoms with Gasteiger partial charge in [-0.1, -0.05) is 26.0 Å². The van der Waals surface area contributed by atoms with Crippen LogP contribution < -0.4 is 5.56 Å². The number of imidazole rings is 1. The SMILES string of the molecule is CCCc1nc(CC)c2c(=O)[nH]c(-c3ccccc3O)nn12. The van der Waals surface area contributed by atoms with E-state index in [1.807, 2.05) is 6.92 Å². The zero-order valence-corrected chi connectivity index (χ0v) is 12.6. The number of nitrogens with zero attached hydrogens (tertiary/aromatic N) is 3. The third kappa shape index (κ3) is 2.26. The molecule has 2 N–H and O–H groups in total. The zero-order valence-electron chi connectivity index (χ0n) is 12.6. The zero-order chi connectivity index (χ0) is 15.7. The standard InChI is InChI=1S/C16H18N4O2/c1-3-7-13-17-11(4-2)14-16(22)18-15(19-20(13)14)10-8-5-6-9-12(10)21/h5-6,8-9,21H,3-4,7H2,1-2H3,(H,18,19,22). The molecule has 0 saturated heterocycles. The van der Waals surface area contributed by atoms with Gasteiger partial charge in [0.2, 0.25) is 0 Å². The molecule has 0 bridgehead atoms. The number of aromatic amines is 1. The van der Waals surface area contributed by atoms with Crippen molar-refractivity contribution >= 4 is 5.52 Å². The molecule has 114 valence electrons. The highest BCUT2D eigenvalue weighted by Gasteiger charge is 2.16. The molecule has 0 aliphatic heterocycles. The van der Waals surface area contributed by atoms with Crippen LogP contribution in [0.5, 0.6) is 5.75 Å². The summed E-state index contributed by atoms with van der Waals surface area (Å²) in [5.41, 5.74) is 1.50. The first-order chi connectivity index (χ1) is 10.7. The van der Waals surface area contributed by atoms with Gasteiger partial charge in [-0.15, -0.1) is 5.10 Å².